The third-order valence-corrected chi connectivity index (χ3v) is 6.69. The van der Waals surface area contributed by atoms with Crippen LogP contribution in [-0.4, -0.2) is 51.5 Å². The number of morpholine rings is 1. The van der Waals surface area contributed by atoms with Crippen LogP contribution in [0.15, 0.2) is 55.0 Å². The molecule has 160 valence electrons. The highest BCUT2D eigenvalue weighted by atomic mass is 32.1. The van der Waals surface area contributed by atoms with E-state index in [0.717, 1.165) is 57.1 Å². The molecule has 5 aromatic rings. The van der Waals surface area contributed by atoms with E-state index in [2.05, 4.69) is 37.5 Å². The van der Waals surface area contributed by atoms with Crippen LogP contribution in [0.2, 0.25) is 0 Å². The number of hydrogen-bond acceptors (Lipinski definition) is 8. The lowest BCUT2D eigenvalue weighted by atomic mass is 10.1. The predicted molar refractivity (Wildman–Crippen MR) is 127 cm³/mol. The number of benzene rings is 1. The summed E-state index contributed by atoms with van der Waals surface area (Å²) in [4.78, 5) is 17.7. The van der Waals surface area contributed by atoms with E-state index in [-0.39, 0.29) is 0 Å². The summed E-state index contributed by atoms with van der Waals surface area (Å²) >= 11 is 1.74. The van der Waals surface area contributed by atoms with Crippen LogP contribution < -0.4 is 10.2 Å². The van der Waals surface area contributed by atoms with E-state index in [0.29, 0.717) is 19.8 Å². The number of aromatic nitrogens is 5. The zero-order valence-corrected chi connectivity index (χ0v) is 18.1. The molecule has 1 aromatic carbocycles. The highest BCUT2D eigenvalue weighted by molar-refractivity contribution is 7.19. The number of pyridine rings is 1. The third kappa shape index (κ3) is 3.55. The first-order valence-electron chi connectivity index (χ1n) is 10.5. The van der Waals surface area contributed by atoms with Crippen molar-refractivity contribution in [2.75, 3.05) is 36.5 Å². The molecule has 0 unspecified atom stereocenters. The Hall–Kier alpha value is -3.56. The van der Waals surface area contributed by atoms with Gasteiger partial charge in [0.25, 0.3) is 0 Å². The summed E-state index contributed by atoms with van der Waals surface area (Å²) in [5.74, 6) is 1.70. The standard InChI is InChI=1S/C23H21N7OS/c1-4-17(18-14-26-29-19(18)5-1)22-27-20-11-16(13-25-15-3-2-6-24-12-15)32-21(20)23(28-22)30-7-9-31-10-8-30/h1-6,11-12,14,25H,7-10,13H2,(H,26,29). The SMILES string of the molecule is c1cncc(NCc2cc3nc(-c4cccc5[nH]ncc45)nc(N4CCOCC4)c3s2)c1. The number of rotatable bonds is 5. The van der Waals surface area contributed by atoms with Gasteiger partial charge in [-0.05, 0) is 24.3 Å². The minimum absolute atomic E-state index is 0.707. The Morgan fingerprint density at radius 2 is 2.03 bits per heavy atom. The molecule has 0 atom stereocenters. The maximum Gasteiger partial charge on any atom is 0.162 e. The Balaban J connectivity index is 1.44. The van der Waals surface area contributed by atoms with Gasteiger partial charge in [-0.3, -0.25) is 10.1 Å². The van der Waals surface area contributed by atoms with Gasteiger partial charge in [0.05, 0.1) is 40.8 Å². The highest BCUT2D eigenvalue weighted by Gasteiger charge is 2.21. The summed E-state index contributed by atoms with van der Waals surface area (Å²) in [6.07, 6.45) is 5.44. The number of fused-ring (bicyclic) bond motifs is 2. The minimum Gasteiger partial charge on any atom is -0.379 e. The van der Waals surface area contributed by atoms with Gasteiger partial charge >= 0.3 is 0 Å². The largest absolute Gasteiger partial charge is 0.379 e. The molecular weight excluding hydrogens is 422 g/mol. The van der Waals surface area contributed by atoms with Crippen LogP contribution in [0.5, 0.6) is 0 Å². The number of nitrogens with one attached hydrogen (secondary N) is 2. The molecule has 0 aliphatic carbocycles. The Labute approximate surface area is 188 Å². The molecule has 0 saturated carbocycles. The number of ether oxygens (including phenoxy) is 1. The number of nitrogens with zero attached hydrogens (tertiary/aromatic N) is 5. The fraction of sp³-hybridized carbons (Fsp3) is 0.217. The van der Waals surface area contributed by atoms with Crippen molar-refractivity contribution < 1.29 is 4.74 Å². The molecule has 0 radical (unpaired) electrons. The zero-order valence-electron chi connectivity index (χ0n) is 17.3. The Morgan fingerprint density at radius 3 is 2.91 bits per heavy atom. The smallest absolute Gasteiger partial charge is 0.162 e. The van der Waals surface area contributed by atoms with Gasteiger partial charge in [-0.1, -0.05) is 12.1 Å². The van der Waals surface area contributed by atoms with Gasteiger partial charge in [-0.2, -0.15) is 5.10 Å². The van der Waals surface area contributed by atoms with E-state index in [9.17, 15) is 0 Å². The Bertz CT molecular complexity index is 1380. The summed E-state index contributed by atoms with van der Waals surface area (Å²) in [5.41, 5.74) is 3.92. The molecule has 6 rings (SSSR count). The molecule has 9 heteroatoms. The summed E-state index contributed by atoms with van der Waals surface area (Å²) in [7, 11) is 0. The first-order chi connectivity index (χ1) is 15.8. The summed E-state index contributed by atoms with van der Waals surface area (Å²) < 4.78 is 6.69. The van der Waals surface area contributed by atoms with E-state index in [1.54, 1.807) is 17.5 Å². The van der Waals surface area contributed by atoms with Gasteiger partial charge in [0.15, 0.2) is 11.6 Å². The van der Waals surface area contributed by atoms with E-state index in [4.69, 9.17) is 14.7 Å². The molecule has 1 saturated heterocycles. The van der Waals surface area contributed by atoms with Gasteiger partial charge < -0.3 is 15.0 Å². The van der Waals surface area contributed by atoms with Crippen molar-refractivity contribution in [1.82, 2.24) is 25.1 Å². The minimum atomic E-state index is 0.707. The first kappa shape index (κ1) is 19.1. The van der Waals surface area contributed by atoms with Crippen molar-refractivity contribution in [1.29, 1.82) is 0 Å². The third-order valence-electron chi connectivity index (χ3n) is 5.57. The quantitative estimate of drug-likeness (QED) is 0.423. The van der Waals surface area contributed by atoms with Gasteiger partial charge in [0, 0.05) is 47.9 Å². The fourth-order valence-corrected chi connectivity index (χ4v) is 5.03. The number of H-pyrrole nitrogens is 1. The maximum atomic E-state index is 5.58. The molecule has 5 heterocycles. The topological polar surface area (TPSA) is 91.9 Å². The van der Waals surface area contributed by atoms with Gasteiger partial charge in [0.1, 0.15) is 0 Å². The molecule has 0 amide bonds. The average Bonchev–Trinajstić information content (AvgIpc) is 3.50. The predicted octanol–water partition coefficient (Wildman–Crippen LogP) is 4.08. The van der Waals surface area contributed by atoms with Gasteiger partial charge in [-0.25, -0.2) is 9.97 Å². The van der Waals surface area contributed by atoms with Gasteiger partial charge in [0.2, 0.25) is 0 Å². The lowest BCUT2D eigenvalue weighted by molar-refractivity contribution is 0.122. The van der Waals surface area contributed by atoms with Crippen LogP contribution in [0.4, 0.5) is 11.5 Å². The van der Waals surface area contributed by atoms with Crippen molar-refractivity contribution in [3.63, 3.8) is 0 Å². The number of hydrogen-bond donors (Lipinski definition) is 2. The van der Waals surface area contributed by atoms with Crippen molar-refractivity contribution >= 4 is 44.0 Å². The van der Waals surface area contributed by atoms with Crippen LogP contribution >= 0.6 is 11.3 Å². The molecule has 32 heavy (non-hydrogen) atoms. The fourth-order valence-electron chi connectivity index (χ4n) is 3.98. The van der Waals surface area contributed by atoms with Crippen LogP contribution in [0.3, 0.4) is 0 Å². The molecule has 0 spiro atoms. The Kier molecular flexibility index (Phi) is 4.89. The summed E-state index contributed by atoms with van der Waals surface area (Å²) in [5, 5.41) is 11.7. The second-order valence-corrected chi connectivity index (χ2v) is 8.77. The Morgan fingerprint density at radius 1 is 1.09 bits per heavy atom. The van der Waals surface area contributed by atoms with Crippen molar-refractivity contribution in [2.24, 2.45) is 0 Å². The van der Waals surface area contributed by atoms with E-state index >= 15 is 0 Å². The van der Waals surface area contributed by atoms with Crippen LogP contribution in [0, 0.1) is 0 Å². The second-order valence-electron chi connectivity index (χ2n) is 7.63. The number of thiophene rings is 1. The number of aromatic amines is 1. The molecular formula is C23H21N7OS. The number of anilines is 2. The zero-order chi connectivity index (χ0) is 21.3. The molecule has 8 nitrogen and oxygen atoms in total. The molecule has 1 aliphatic rings. The second kappa shape index (κ2) is 8.18. The van der Waals surface area contributed by atoms with E-state index in [1.165, 1.54) is 4.88 Å². The van der Waals surface area contributed by atoms with Gasteiger partial charge in [-0.15, -0.1) is 11.3 Å². The van der Waals surface area contributed by atoms with Crippen molar-refractivity contribution in [3.05, 3.63) is 59.9 Å². The highest BCUT2D eigenvalue weighted by Crippen LogP contribution is 2.36. The van der Waals surface area contributed by atoms with Crippen molar-refractivity contribution in [3.8, 4) is 11.4 Å². The monoisotopic (exact) mass is 443 g/mol. The summed E-state index contributed by atoms with van der Waals surface area (Å²) in [6, 6.07) is 12.2. The van der Waals surface area contributed by atoms with Crippen molar-refractivity contribution in [2.45, 2.75) is 6.54 Å². The molecule has 2 N–H and O–H groups in total. The van der Waals surface area contributed by atoms with Crippen LogP contribution in [0.25, 0.3) is 32.5 Å². The van der Waals surface area contributed by atoms with E-state index < -0.39 is 0 Å². The molecule has 4 aromatic heterocycles. The lowest BCUT2D eigenvalue weighted by Crippen LogP contribution is -2.36. The summed E-state index contributed by atoms with van der Waals surface area (Å²) in [6.45, 7) is 3.77. The van der Waals surface area contributed by atoms with E-state index in [1.807, 2.05) is 36.7 Å². The lowest BCUT2D eigenvalue weighted by Gasteiger charge is -2.28. The normalized spacial score (nSPS) is 14.3. The van der Waals surface area contributed by atoms with Crippen LogP contribution in [0.1, 0.15) is 4.88 Å². The first-order valence-corrected chi connectivity index (χ1v) is 11.4. The average molecular weight is 444 g/mol. The maximum absolute atomic E-state index is 5.58. The molecule has 1 fully saturated rings. The molecule has 1 aliphatic heterocycles. The molecule has 0 bridgehead atoms. The van der Waals surface area contributed by atoms with Crippen LogP contribution in [-0.2, 0) is 11.3 Å².